The van der Waals surface area contributed by atoms with Crippen molar-refractivity contribution in [3.05, 3.63) is 35.4 Å². The third-order valence-electron chi connectivity index (χ3n) is 5.41. The number of carbonyl (C=O) groups excluding carboxylic acids is 1. The number of hydrogen-bond acceptors (Lipinski definition) is 2. The zero-order chi connectivity index (χ0) is 18.9. The molecule has 1 amide bonds. The van der Waals surface area contributed by atoms with Crippen molar-refractivity contribution in [3.63, 3.8) is 0 Å². The number of carboxylic acids is 1. The van der Waals surface area contributed by atoms with Gasteiger partial charge in [0.25, 0.3) is 0 Å². The predicted molar refractivity (Wildman–Crippen MR) is 88.1 cm³/mol. The number of nitrogens with one attached hydrogen (secondary N) is 1. The van der Waals surface area contributed by atoms with Crippen molar-refractivity contribution in [3.8, 4) is 0 Å². The minimum atomic E-state index is -4.41. The number of halogens is 3. The molecule has 7 heteroatoms. The van der Waals surface area contributed by atoms with Crippen molar-refractivity contribution in [1.82, 2.24) is 5.32 Å². The Hall–Kier alpha value is -2.05. The van der Waals surface area contributed by atoms with Gasteiger partial charge in [-0.3, -0.25) is 9.59 Å². The summed E-state index contributed by atoms with van der Waals surface area (Å²) in [6.45, 7) is 0. The molecule has 1 unspecified atom stereocenters. The highest BCUT2D eigenvalue weighted by molar-refractivity contribution is 5.80. The Bertz CT molecular complexity index is 677. The van der Waals surface area contributed by atoms with Crippen molar-refractivity contribution < 1.29 is 27.9 Å². The third kappa shape index (κ3) is 4.37. The Morgan fingerprint density at radius 3 is 2.19 bits per heavy atom. The van der Waals surface area contributed by atoms with Crippen molar-refractivity contribution in [2.24, 2.45) is 17.8 Å². The summed E-state index contributed by atoms with van der Waals surface area (Å²) in [6.07, 6.45) is -0.717. The first-order valence-electron chi connectivity index (χ1n) is 8.96. The molecule has 3 rings (SSSR count). The van der Waals surface area contributed by atoms with Crippen LogP contribution in [-0.2, 0) is 15.8 Å². The van der Waals surface area contributed by atoms with E-state index in [0.29, 0.717) is 31.2 Å². The van der Waals surface area contributed by atoms with Gasteiger partial charge in [0.05, 0.1) is 17.5 Å². The number of aliphatic carboxylic acids is 1. The van der Waals surface area contributed by atoms with Crippen LogP contribution in [0.5, 0.6) is 0 Å². The maximum atomic E-state index is 13.0. The molecule has 0 heterocycles. The van der Waals surface area contributed by atoms with E-state index in [1.807, 2.05) is 0 Å². The highest BCUT2D eigenvalue weighted by atomic mass is 19.4. The minimum Gasteiger partial charge on any atom is -0.481 e. The van der Waals surface area contributed by atoms with E-state index in [4.69, 9.17) is 5.11 Å². The smallest absolute Gasteiger partial charge is 0.416 e. The fraction of sp³-hybridized carbons (Fsp3) is 0.579. The summed E-state index contributed by atoms with van der Waals surface area (Å²) in [5, 5.41) is 12.0. The van der Waals surface area contributed by atoms with Gasteiger partial charge in [0.15, 0.2) is 0 Å². The zero-order valence-corrected chi connectivity index (χ0v) is 14.3. The van der Waals surface area contributed by atoms with Gasteiger partial charge in [-0.15, -0.1) is 0 Å². The predicted octanol–water partition coefficient (Wildman–Crippen LogP) is 4.16. The zero-order valence-electron chi connectivity index (χ0n) is 14.3. The highest BCUT2D eigenvalue weighted by Crippen LogP contribution is 2.42. The number of alkyl halides is 3. The Morgan fingerprint density at radius 2 is 1.65 bits per heavy atom. The topological polar surface area (TPSA) is 66.4 Å². The lowest BCUT2D eigenvalue weighted by atomic mass is 9.81. The van der Waals surface area contributed by atoms with Crippen LogP contribution in [0.3, 0.4) is 0 Å². The summed E-state index contributed by atoms with van der Waals surface area (Å²) in [6, 6.07) is 4.73. The number of carboxylic acid groups (broad SMARTS) is 1. The first-order chi connectivity index (χ1) is 12.3. The van der Waals surface area contributed by atoms with E-state index < -0.39 is 29.7 Å². The molecule has 142 valence electrons. The summed E-state index contributed by atoms with van der Waals surface area (Å²) in [5.74, 6) is -1.51. The summed E-state index contributed by atoms with van der Waals surface area (Å²) in [5.41, 5.74) is -0.230. The quantitative estimate of drug-likeness (QED) is 0.819. The molecule has 2 saturated carbocycles. The normalized spacial score (nSPS) is 24.7. The van der Waals surface area contributed by atoms with Crippen LogP contribution in [0.2, 0.25) is 0 Å². The number of hydrogen-bond donors (Lipinski definition) is 2. The molecule has 0 bridgehead atoms. The Kier molecular flexibility index (Phi) is 5.25. The number of carbonyl (C=O) groups is 2. The van der Waals surface area contributed by atoms with Crippen molar-refractivity contribution in [2.45, 2.75) is 50.7 Å². The second-order valence-corrected chi connectivity index (χ2v) is 7.33. The molecule has 0 aromatic heterocycles. The van der Waals surface area contributed by atoms with Gasteiger partial charge in [0.1, 0.15) is 0 Å². The number of amides is 1. The molecule has 4 nitrogen and oxygen atoms in total. The fourth-order valence-corrected chi connectivity index (χ4v) is 3.69. The fourth-order valence-electron chi connectivity index (χ4n) is 3.69. The van der Waals surface area contributed by atoms with E-state index in [2.05, 4.69) is 5.32 Å². The Labute approximate surface area is 149 Å². The van der Waals surface area contributed by atoms with Gasteiger partial charge in [-0.1, -0.05) is 12.1 Å². The maximum Gasteiger partial charge on any atom is 0.416 e. The Morgan fingerprint density at radius 1 is 1.04 bits per heavy atom. The van der Waals surface area contributed by atoms with E-state index in [1.165, 1.54) is 6.07 Å². The maximum absolute atomic E-state index is 13.0. The van der Waals surface area contributed by atoms with Crippen LogP contribution < -0.4 is 5.32 Å². The average Bonchev–Trinajstić information content (AvgIpc) is 3.44. The van der Waals surface area contributed by atoms with Crippen LogP contribution in [0.15, 0.2) is 24.3 Å². The summed E-state index contributed by atoms with van der Waals surface area (Å²) in [4.78, 5) is 23.6. The summed E-state index contributed by atoms with van der Waals surface area (Å²) >= 11 is 0. The monoisotopic (exact) mass is 369 g/mol. The van der Waals surface area contributed by atoms with Gasteiger partial charge in [-0.25, -0.2) is 0 Å². The summed E-state index contributed by atoms with van der Waals surface area (Å²) < 4.78 is 38.9. The molecular weight excluding hydrogens is 347 g/mol. The molecule has 2 aliphatic carbocycles. The molecule has 0 saturated heterocycles. The van der Waals surface area contributed by atoms with Gasteiger partial charge in [0.2, 0.25) is 5.91 Å². The van der Waals surface area contributed by atoms with Crippen LogP contribution in [-0.4, -0.2) is 17.0 Å². The molecule has 0 aliphatic heterocycles. The van der Waals surface area contributed by atoms with Crippen LogP contribution in [0.1, 0.15) is 55.7 Å². The van der Waals surface area contributed by atoms with E-state index in [0.717, 1.165) is 25.0 Å². The van der Waals surface area contributed by atoms with Crippen molar-refractivity contribution in [2.75, 3.05) is 0 Å². The average molecular weight is 369 g/mol. The van der Waals surface area contributed by atoms with E-state index in [9.17, 15) is 22.8 Å². The highest BCUT2D eigenvalue weighted by Gasteiger charge is 2.37. The van der Waals surface area contributed by atoms with Gasteiger partial charge in [-0.05, 0) is 62.1 Å². The second kappa shape index (κ2) is 7.29. The van der Waals surface area contributed by atoms with Crippen LogP contribution in [0.4, 0.5) is 13.2 Å². The third-order valence-corrected chi connectivity index (χ3v) is 5.41. The standard InChI is InChI=1S/C19H22F3NO3/c20-19(21,22)15-3-1-2-14(10-15)16(11-4-5-11)23-17(24)12-6-8-13(9-7-12)18(25)26/h1-3,10-13,16H,4-9H2,(H,23,24)(H,25,26). The molecular formula is C19H22F3NO3. The largest absolute Gasteiger partial charge is 0.481 e. The first kappa shape index (κ1) is 18.7. The molecule has 0 radical (unpaired) electrons. The molecule has 2 N–H and O–H groups in total. The Balaban J connectivity index is 1.68. The molecule has 0 spiro atoms. The van der Waals surface area contributed by atoms with Gasteiger partial charge >= 0.3 is 12.1 Å². The van der Waals surface area contributed by atoms with Crippen LogP contribution in [0.25, 0.3) is 0 Å². The lowest BCUT2D eigenvalue weighted by molar-refractivity contribution is -0.144. The van der Waals surface area contributed by atoms with Gasteiger partial charge in [-0.2, -0.15) is 13.2 Å². The second-order valence-electron chi connectivity index (χ2n) is 7.33. The first-order valence-corrected chi connectivity index (χ1v) is 8.96. The lowest BCUT2D eigenvalue weighted by Crippen LogP contribution is -2.37. The molecule has 1 aromatic carbocycles. The van der Waals surface area contributed by atoms with Crippen molar-refractivity contribution >= 4 is 11.9 Å². The van der Waals surface area contributed by atoms with Gasteiger partial charge in [0, 0.05) is 5.92 Å². The SMILES string of the molecule is O=C(O)C1CCC(C(=O)NC(c2cccc(C(F)(F)F)c2)C2CC2)CC1. The van der Waals surface area contributed by atoms with Crippen molar-refractivity contribution in [1.29, 1.82) is 0 Å². The summed E-state index contributed by atoms with van der Waals surface area (Å²) in [7, 11) is 0. The molecule has 26 heavy (non-hydrogen) atoms. The van der Waals surface area contributed by atoms with E-state index in [1.54, 1.807) is 6.07 Å². The number of benzene rings is 1. The van der Waals surface area contributed by atoms with E-state index in [-0.39, 0.29) is 17.7 Å². The molecule has 2 aliphatic rings. The number of rotatable bonds is 5. The van der Waals surface area contributed by atoms with E-state index >= 15 is 0 Å². The van der Waals surface area contributed by atoms with Gasteiger partial charge < -0.3 is 10.4 Å². The molecule has 1 atom stereocenters. The van der Waals surface area contributed by atoms with Crippen LogP contribution >= 0.6 is 0 Å². The lowest BCUT2D eigenvalue weighted by Gasteiger charge is -2.28. The van der Waals surface area contributed by atoms with Crippen LogP contribution in [0, 0.1) is 17.8 Å². The molecule has 1 aromatic rings. The molecule has 2 fully saturated rings. The minimum absolute atomic E-state index is 0.165.